The molecule has 0 aliphatic rings. The second kappa shape index (κ2) is 8.49. The quantitative estimate of drug-likeness (QED) is 0.582. The van der Waals surface area contributed by atoms with Crippen LogP contribution < -0.4 is 10.1 Å². The molecule has 1 amide bonds. The highest BCUT2D eigenvalue weighted by Gasteiger charge is 2.20. The minimum atomic E-state index is -0.498. The van der Waals surface area contributed by atoms with Crippen LogP contribution in [-0.4, -0.2) is 27.9 Å². The zero-order valence-corrected chi connectivity index (χ0v) is 14.2. The predicted octanol–water partition coefficient (Wildman–Crippen LogP) is 3.13. The number of carbonyl (C=O) groups is 1. The zero-order valence-electron chi connectivity index (χ0n) is 13.4. The van der Waals surface area contributed by atoms with Crippen LogP contribution in [0.2, 0.25) is 0 Å². The van der Waals surface area contributed by atoms with Crippen molar-refractivity contribution in [3.63, 3.8) is 0 Å². The van der Waals surface area contributed by atoms with Crippen LogP contribution in [0.4, 0.5) is 4.39 Å². The highest BCUT2D eigenvalue weighted by molar-refractivity contribution is 8.00. The molecule has 8 heteroatoms. The highest BCUT2D eigenvalue weighted by atomic mass is 32.2. The fourth-order valence-electron chi connectivity index (χ4n) is 1.72. The fraction of sp³-hybridized carbons (Fsp3) is 0.312. The Morgan fingerprint density at radius 2 is 2.12 bits per heavy atom. The Labute approximate surface area is 143 Å². The number of nitrogens with zero attached hydrogens (tertiary/aromatic N) is 2. The van der Waals surface area contributed by atoms with E-state index in [1.165, 1.54) is 24.3 Å². The van der Waals surface area contributed by atoms with Crippen LogP contribution in [0.25, 0.3) is 0 Å². The van der Waals surface area contributed by atoms with Gasteiger partial charge in [-0.3, -0.25) is 4.79 Å². The monoisotopic (exact) mass is 351 g/mol. The summed E-state index contributed by atoms with van der Waals surface area (Å²) in [4.78, 5) is 11.8. The maximum absolute atomic E-state index is 12.9. The molecular weight excluding hydrogens is 333 g/mol. The van der Waals surface area contributed by atoms with Crippen LogP contribution >= 0.6 is 11.8 Å². The first-order chi connectivity index (χ1) is 11.5. The number of thioether (sulfide) groups is 1. The number of hydrogen-bond donors (Lipinski definition) is 1. The van der Waals surface area contributed by atoms with Crippen LogP contribution in [0.15, 0.2) is 46.6 Å². The molecule has 0 radical (unpaired) electrons. The van der Waals surface area contributed by atoms with Crippen molar-refractivity contribution in [2.24, 2.45) is 0 Å². The molecule has 6 nitrogen and oxygen atoms in total. The van der Waals surface area contributed by atoms with Crippen molar-refractivity contribution in [2.45, 2.75) is 30.4 Å². The summed E-state index contributed by atoms with van der Waals surface area (Å²) in [5.74, 6) is 0.291. The van der Waals surface area contributed by atoms with Crippen molar-refractivity contribution in [2.75, 3.05) is 6.54 Å². The first-order valence-corrected chi connectivity index (χ1v) is 8.18. The van der Waals surface area contributed by atoms with E-state index in [0.717, 1.165) is 11.8 Å². The molecule has 0 aliphatic carbocycles. The Bertz CT molecular complexity index is 690. The molecule has 2 atom stereocenters. The molecule has 1 heterocycles. The number of nitrogens with one attached hydrogen (secondary N) is 1. The molecule has 0 bridgehead atoms. The molecule has 1 aromatic heterocycles. The number of aromatic nitrogens is 2. The Balaban J connectivity index is 1.93. The van der Waals surface area contributed by atoms with Crippen molar-refractivity contribution >= 4 is 17.7 Å². The summed E-state index contributed by atoms with van der Waals surface area (Å²) in [6.45, 7) is 7.43. The van der Waals surface area contributed by atoms with Gasteiger partial charge in [-0.05, 0) is 38.1 Å². The van der Waals surface area contributed by atoms with Crippen LogP contribution in [-0.2, 0) is 4.79 Å². The van der Waals surface area contributed by atoms with E-state index in [-0.39, 0.29) is 28.1 Å². The molecule has 1 aromatic carbocycles. The van der Waals surface area contributed by atoms with E-state index < -0.39 is 6.10 Å². The fourth-order valence-corrected chi connectivity index (χ4v) is 2.44. The largest absolute Gasteiger partial charge is 0.481 e. The average Bonchev–Trinajstić information content (AvgIpc) is 3.03. The topological polar surface area (TPSA) is 77.2 Å². The normalized spacial score (nSPS) is 13.1. The number of amides is 1. The first-order valence-electron chi connectivity index (χ1n) is 7.30. The van der Waals surface area contributed by atoms with Gasteiger partial charge in [-0.1, -0.05) is 17.8 Å². The minimum Gasteiger partial charge on any atom is -0.481 e. The smallest absolute Gasteiger partial charge is 0.277 e. The van der Waals surface area contributed by atoms with Crippen molar-refractivity contribution in [1.29, 1.82) is 0 Å². The van der Waals surface area contributed by atoms with E-state index in [2.05, 4.69) is 22.1 Å². The Kier molecular flexibility index (Phi) is 6.36. The van der Waals surface area contributed by atoms with Gasteiger partial charge in [0.25, 0.3) is 11.1 Å². The molecule has 24 heavy (non-hydrogen) atoms. The van der Waals surface area contributed by atoms with Crippen LogP contribution in [0.1, 0.15) is 25.8 Å². The number of hydrogen-bond acceptors (Lipinski definition) is 6. The second-order valence-corrected chi connectivity index (χ2v) is 6.21. The second-order valence-electron chi connectivity index (χ2n) is 4.91. The van der Waals surface area contributed by atoms with E-state index in [0.29, 0.717) is 12.3 Å². The van der Waals surface area contributed by atoms with Crippen LogP contribution in [0.5, 0.6) is 5.75 Å². The van der Waals surface area contributed by atoms with Gasteiger partial charge in [-0.2, -0.15) is 0 Å². The standard InChI is InChI=1S/C16H18FN3O3S/c1-4-9-18-14(21)11(3)24-16-20-19-15(23-16)10(2)22-13-7-5-12(17)6-8-13/h4-8,10-11H,1,9H2,2-3H3,(H,18,21)/t10-,11+/m0/s1. The predicted molar refractivity (Wildman–Crippen MR) is 88.3 cm³/mol. The molecule has 128 valence electrons. The average molecular weight is 351 g/mol. The minimum absolute atomic E-state index is 0.143. The summed E-state index contributed by atoms with van der Waals surface area (Å²) < 4.78 is 24.0. The lowest BCUT2D eigenvalue weighted by molar-refractivity contribution is -0.120. The van der Waals surface area contributed by atoms with Gasteiger partial charge in [-0.25, -0.2) is 4.39 Å². The Morgan fingerprint density at radius 3 is 2.79 bits per heavy atom. The number of rotatable bonds is 8. The lowest BCUT2D eigenvalue weighted by atomic mass is 10.3. The summed E-state index contributed by atoms with van der Waals surface area (Å²) in [5.41, 5.74) is 0. The van der Waals surface area contributed by atoms with E-state index >= 15 is 0 Å². The first kappa shape index (κ1) is 18.0. The summed E-state index contributed by atoms with van der Waals surface area (Å²) >= 11 is 1.16. The Morgan fingerprint density at radius 1 is 1.42 bits per heavy atom. The van der Waals surface area contributed by atoms with Crippen LogP contribution in [0.3, 0.4) is 0 Å². The van der Waals surface area contributed by atoms with Crippen molar-refractivity contribution in [3.05, 3.63) is 48.6 Å². The molecule has 1 N–H and O–H groups in total. The third kappa shape index (κ3) is 5.09. The van der Waals surface area contributed by atoms with Crippen molar-refractivity contribution in [1.82, 2.24) is 15.5 Å². The number of carbonyl (C=O) groups excluding carboxylic acids is 1. The van der Waals surface area contributed by atoms with E-state index in [1.54, 1.807) is 19.9 Å². The molecule has 2 rings (SSSR count). The summed E-state index contributed by atoms with van der Waals surface area (Å²) in [6.07, 6.45) is 1.11. The van der Waals surface area contributed by atoms with Crippen LogP contribution in [0, 0.1) is 5.82 Å². The number of ether oxygens (including phenoxy) is 1. The summed E-state index contributed by atoms with van der Waals surface area (Å²) in [7, 11) is 0. The third-order valence-corrected chi connectivity index (χ3v) is 3.90. The van der Waals surface area contributed by atoms with Gasteiger partial charge in [0, 0.05) is 6.54 Å². The van der Waals surface area contributed by atoms with Gasteiger partial charge < -0.3 is 14.5 Å². The van der Waals surface area contributed by atoms with Gasteiger partial charge in [0.1, 0.15) is 11.6 Å². The van der Waals surface area contributed by atoms with Gasteiger partial charge in [-0.15, -0.1) is 16.8 Å². The Hall–Kier alpha value is -2.35. The van der Waals surface area contributed by atoms with Crippen molar-refractivity contribution in [3.8, 4) is 5.75 Å². The maximum Gasteiger partial charge on any atom is 0.277 e. The maximum atomic E-state index is 12.9. The summed E-state index contributed by atoms with van der Waals surface area (Å²) in [5, 5.41) is 10.4. The zero-order chi connectivity index (χ0) is 17.5. The van der Waals surface area contributed by atoms with Crippen molar-refractivity contribution < 1.29 is 18.3 Å². The molecule has 0 aliphatic heterocycles. The lowest BCUT2D eigenvalue weighted by Crippen LogP contribution is -2.30. The molecule has 2 aromatic rings. The molecule has 0 unspecified atom stereocenters. The van der Waals surface area contributed by atoms with Gasteiger partial charge in [0.15, 0.2) is 6.10 Å². The van der Waals surface area contributed by atoms with Gasteiger partial charge in [0.05, 0.1) is 5.25 Å². The molecule has 0 fully saturated rings. The molecule has 0 spiro atoms. The van der Waals surface area contributed by atoms with E-state index in [9.17, 15) is 9.18 Å². The van der Waals surface area contributed by atoms with Gasteiger partial charge >= 0.3 is 0 Å². The number of halogens is 1. The van der Waals surface area contributed by atoms with E-state index in [4.69, 9.17) is 9.15 Å². The SMILES string of the molecule is C=CCNC(=O)[C@@H](C)Sc1nnc([C@H](C)Oc2ccc(F)cc2)o1. The highest BCUT2D eigenvalue weighted by Crippen LogP contribution is 2.26. The van der Waals surface area contributed by atoms with E-state index in [1.807, 2.05) is 0 Å². The van der Waals surface area contributed by atoms with Gasteiger partial charge in [0.2, 0.25) is 5.91 Å². The lowest BCUT2D eigenvalue weighted by Gasteiger charge is -2.10. The number of benzene rings is 1. The summed E-state index contributed by atoms with van der Waals surface area (Å²) in [6, 6.07) is 5.65. The molecule has 0 saturated heterocycles. The molecular formula is C16H18FN3O3S. The molecule has 0 saturated carbocycles. The third-order valence-electron chi connectivity index (χ3n) is 2.96.